The molecular formula is C24H32N6O3. The first kappa shape index (κ1) is 21.9. The van der Waals surface area contributed by atoms with Gasteiger partial charge in [-0.2, -0.15) is 0 Å². The van der Waals surface area contributed by atoms with Crippen molar-refractivity contribution in [1.82, 2.24) is 24.8 Å². The van der Waals surface area contributed by atoms with Crippen LogP contribution in [0.5, 0.6) is 5.75 Å². The van der Waals surface area contributed by atoms with E-state index in [-0.39, 0.29) is 23.7 Å². The van der Waals surface area contributed by atoms with Crippen LogP contribution in [0.15, 0.2) is 30.5 Å². The lowest BCUT2D eigenvalue weighted by Crippen LogP contribution is -2.59. The summed E-state index contributed by atoms with van der Waals surface area (Å²) in [4.78, 5) is 29.1. The number of likely N-dealkylation sites (tertiary alicyclic amines) is 1. The van der Waals surface area contributed by atoms with Crippen molar-refractivity contribution < 1.29 is 14.3 Å². The number of piperidine rings is 4. The number of nitrogens with zero attached hydrogens (tertiary/aromatic N) is 5. The molecule has 1 aromatic carbocycles. The van der Waals surface area contributed by atoms with Crippen LogP contribution in [0.2, 0.25) is 0 Å². The molecule has 4 fully saturated rings. The van der Waals surface area contributed by atoms with Gasteiger partial charge in [0.05, 0.1) is 25.8 Å². The van der Waals surface area contributed by atoms with Gasteiger partial charge in [0.1, 0.15) is 11.4 Å². The molecule has 2 aromatic rings. The van der Waals surface area contributed by atoms with Crippen molar-refractivity contribution >= 4 is 11.8 Å². The third-order valence-electron chi connectivity index (χ3n) is 7.73. The van der Waals surface area contributed by atoms with E-state index in [0.29, 0.717) is 37.9 Å². The molecule has 2 N–H and O–H groups in total. The molecule has 9 heteroatoms. The second-order valence-corrected chi connectivity index (χ2v) is 9.60. The first-order valence-electron chi connectivity index (χ1n) is 11.9. The number of hydrogen-bond acceptors (Lipinski definition) is 6. The molecule has 4 aliphatic heterocycles. The number of primary amides is 1. The highest BCUT2D eigenvalue weighted by atomic mass is 16.5. The Morgan fingerprint density at radius 3 is 2.52 bits per heavy atom. The highest BCUT2D eigenvalue weighted by Crippen LogP contribution is 2.38. The number of fused-ring (bicyclic) bond motifs is 3. The van der Waals surface area contributed by atoms with Gasteiger partial charge >= 0.3 is 0 Å². The first-order valence-corrected chi connectivity index (χ1v) is 11.9. The number of methoxy groups -OCH3 is 1. The maximum Gasteiger partial charge on any atom is 0.227 e. The Balaban J connectivity index is 1.18. The molecule has 6 rings (SSSR count). The molecular weight excluding hydrogens is 420 g/mol. The lowest BCUT2D eigenvalue weighted by atomic mass is 9.74. The van der Waals surface area contributed by atoms with E-state index in [0.717, 1.165) is 49.5 Å². The number of rotatable bonds is 6. The molecule has 0 spiro atoms. The monoisotopic (exact) mass is 452 g/mol. The van der Waals surface area contributed by atoms with E-state index < -0.39 is 0 Å². The molecule has 0 aliphatic carbocycles. The molecule has 2 bridgehead atoms. The standard InChI is InChI=1S/C24H32N6O3/c1-33-20-4-2-16(3-5-20)22-15-30(27-26-22)13-19-12-18-8-11-29(19)14-21(18)24(32)28-9-6-17(7-10-28)23(25)31/h2-5,15,17-19,21H,6-14H2,1H3,(H2,25,31)/t18-,19+,21-/m0/s1. The third-order valence-corrected chi connectivity index (χ3v) is 7.73. The molecule has 33 heavy (non-hydrogen) atoms. The summed E-state index contributed by atoms with van der Waals surface area (Å²) in [6, 6.07) is 8.20. The van der Waals surface area contributed by atoms with Crippen LogP contribution >= 0.6 is 0 Å². The molecule has 176 valence electrons. The Labute approximate surface area is 193 Å². The Morgan fingerprint density at radius 1 is 1.12 bits per heavy atom. The minimum atomic E-state index is -0.240. The first-order chi connectivity index (χ1) is 16.0. The van der Waals surface area contributed by atoms with Crippen LogP contribution in [0.4, 0.5) is 0 Å². The molecule has 9 nitrogen and oxygen atoms in total. The predicted molar refractivity (Wildman–Crippen MR) is 122 cm³/mol. The zero-order chi connectivity index (χ0) is 22.9. The number of benzene rings is 1. The van der Waals surface area contributed by atoms with Crippen LogP contribution in [0, 0.1) is 17.8 Å². The minimum Gasteiger partial charge on any atom is -0.497 e. The van der Waals surface area contributed by atoms with Gasteiger partial charge in [-0.3, -0.25) is 19.2 Å². The fourth-order valence-electron chi connectivity index (χ4n) is 5.72. The van der Waals surface area contributed by atoms with E-state index in [1.165, 1.54) is 0 Å². The Morgan fingerprint density at radius 2 is 1.88 bits per heavy atom. The SMILES string of the molecule is COc1ccc(-c2cn(C[C@H]3C[C@@H]4CCN3C[C@@H]4C(=O)N3CCC(C(N)=O)CC3)nn2)cc1. The summed E-state index contributed by atoms with van der Waals surface area (Å²) in [5.74, 6) is 1.22. The van der Waals surface area contributed by atoms with Crippen molar-refractivity contribution in [1.29, 1.82) is 0 Å². The molecule has 1 unspecified atom stereocenters. The summed E-state index contributed by atoms with van der Waals surface area (Å²) in [6.45, 7) is 3.91. The van der Waals surface area contributed by atoms with Gasteiger partial charge in [-0.1, -0.05) is 5.21 Å². The second kappa shape index (κ2) is 9.13. The molecule has 4 saturated heterocycles. The Bertz CT molecular complexity index is 998. The van der Waals surface area contributed by atoms with Crippen LogP contribution < -0.4 is 10.5 Å². The quantitative estimate of drug-likeness (QED) is 0.710. The molecule has 1 aromatic heterocycles. The summed E-state index contributed by atoms with van der Waals surface area (Å²) in [5.41, 5.74) is 7.30. The van der Waals surface area contributed by atoms with Gasteiger partial charge in [-0.25, -0.2) is 0 Å². The molecule has 2 amide bonds. The summed E-state index contributed by atoms with van der Waals surface area (Å²) >= 11 is 0. The minimum absolute atomic E-state index is 0.0609. The van der Waals surface area contributed by atoms with Gasteiger partial charge in [0.2, 0.25) is 11.8 Å². The van der Waals surface area contributed by atoms with E-state index in [4.69, 9.17) is 10.5 Å². The molecule has 5 heterocycles. The van der Waals surface area contributed by atoms with E-state index in [1.54, 1.807) is 7.11 Å². The smallest absolute Gasteiger partial charge is 0.227 e. The van der Waals surface area contributed by atoms with Crippen LogP contribution in [-0.2, 0) is 16.1 Å². The van der Waals surface area contributed by atoms with Gasteiger partial charge in [0, 0.05) is 37.2 Å². The number of aromatic nitrogens is 3. The topological polar surface area (TPSA) is 107 Å². The Hall–Kier alpha value is -2.94. The average molecular weight is 453 g/mol. The maximum atomic E-state index is 13.2. The number of amides is 2. The van der Waals surface area contributed by atoms with Gasteiger partial charge in [-0.15, -0.1) is 5.10 Å². The van der Waals surface area contributed by atoms with E-state index in [1.807, 2.05) is 40.0 Å². The van der Waals surface area contributed by atoms with Crippen LogP contribution in [0.25, 0.3) is 11.3 Å². The summed E-state index contributed by atoms with van der Waals surface area (Å²) in [7, 11) is 1.66. The van der Waals surface area contributed by atoms with Gasteiger partial charge in [-0.05, 0) is 62.4 Å². The number of carbonyl (C=O) groups is 2. The van der Waals surface area contributed by atoms with Crippen LogP contribution in [-0.4, -0.2) is 75.9 Å². The average Bonchev–Trinajstić information content (AvgIpc) is 3.32. The van der Waals surface area contributed by atoms with E-state index >= 15 is 0 Å². The summed E-state index contributed by atoms with van der Waals surface area (Å²) in [6.07, 6.45) is 5.45. The fourth-order valence-corrected chi connectivity index (χ4v) is 5.72. The number of carbonyl (C=O) groups excluding carboxylic acids is 2. The maximum absolute atomic E-state index is 13.2. The van der Waals surface area contributed by atoms with Crippen molar-refractivity contribution in [2.24, 2.45) is 23.5 Å². The largest absolute Gasteiger partial charge is 0.497 e. The molecule has 4 aliphatic rings. The Kier molecular flexibility index (Phi) is 6.05. The van der Waals surface area contributed by atoms with E-state index in [2.05, 4.69) is 15.2 Å². The predicted octanol–water partition coefficient (Wildman–Crippen LogP) is 1.39. The summed E-state index contributed by atoms with van der Waals surface area (Å²) in [5, 5.41) is 8.71. The van der Waals surface area contributed by atoms with E-state index in [9.17, 15) is 9.59 Å². The number of hydrogen-bond donors (Lipinski definition) is 1. The van der Waals surface area contributed by atoms with Crippen LogP contribution in [0.1, 0.15) is 25.7 Å². The fraction of sp³-hybridized carbons (Fsp3) is 0.583. The number of nitrogens with two attached hydrogens (primary N) is 1. The van der Waals surface area contributed by atoms with Crippen LogP contribution in [0.3, 0.4) is 0 Å². The van der Waals surface area contributed by atoms with Crippen molar-refractivity contribution in [2.75, 3.05) is 33.3 Å². The third kappa shape index (κ3) is 4.46. The lowest BCUT2D eigenvalue weighted by molar-refractivity contribution is -0.146. The van der Waals surface area contributed by atoms with Gasteiger partial charge in [0.25, 0.3) is 0 Å². The highest BCUT2D eigenvalue weighted by Gasteiger charge is 2.45. The number of ether oxygens (including phenoxy) is 1. The zero-order valence-electron chi connectivity index (χ0n) is 19.1. The van der Waals surface area contributed by atoms with Gasteiger partial charge < -0.3 is 15.4 Å². The van der Waals surface area contributed by atoms with Crippen molar-refractivity contribution in [3.05, 3.63) is 30.5 Å². The molecule has 0 saturated carbocycles. The van der Waals surface area contributed by atoms with Crippen molar-refractivity contribution in [3.8, 4) is 17.0 Å². The second-order valence-electron chi connectivity index (χ2n) is 9.60. The van der Waals surface area contributed by atoms with Crippen molar-refractivity contribution in [2.45, 2.75) is 38.3 Å². The summed E-state index contributed by atoms with van der Waals surface area (Å²) < 4.78 is 7.15. The zero-order valence-corrected chi connectivity index (χ0v) is 19.1. The van der Waals surface area contributed by atoms with Crippen molar-refractivity contribution in [3.63, 3.8) is 0 Å². The molecule has 0 radical (unpaired) electrons. The molecule has 4 atom stereocenters. The highest BCUT2D eigenvalue weighted by molar-refractivity contribution is 5.81. The van der Waals surface area contributed by atoms with Gasteiger partial charge in [0.15, 0.2) is 0 Å². The normalized spacial score (nSPS) is 27.5. The lowest BCUT2D eigenvalue weighted by Gasteiger charge is -2.50.